The Hall–Kier alpha value is 0.100. The minimum atomic E-state index is -4.09. The quantitative estimate of drug-likeness (QED) is 0.742. The summed E-state index contributed by atoms with van der Waals surface area (Å²) in [5.74, 6) is 0.861. The molecule has 0 aromatic heterocycles. The van der Waals surface area contributed by atoms with Gasteiger partial charge >= 0.3 is 5.51 Å². The zero-order valence-corrected chi connectivity index (χ0v) is 11.2. The van der Waals surface area contributed by atoms with E-state index >= 15 is 0 Å². The molecule has 1 nitrogen and oxygen atoms in total. The van der Waals surface area contributed by atoms with Crippen LogP contribution in [0.4, 0.5) is 13.2 Å². The average molecular weight is 257 g/mol. The van der Waals surface area contributed by atoms with Gasteiger partial charge in [0.2, 0.25) is 0 Å². The number of alkyl halides is 3. The number of hydrogen-bond acceptors (Lipinski definition) is 2. The molecule has 0 aliphatic carbocycles. The van der Waals surface area contributed by atoms with E-state index in [1.807, 2.05) is 13.8 Å². The molecule has 98 valence electrons. The van der Waals surface area contributed by atoms with Crippen LogP contribution in [0.15, 0.2) is 0 Å². The SMILES string of the molecule is CCNC(C)C(CCSC(F)(F)F)C(C)C. The molecule has 0 bridgehead atoms. The van der Waals surface area contributed by atoms with Crippen LogP contribution in [-0.4, -0.2) is 23.8 Å². The van der Waals surface area contributed by atoms with Crippen molar-refractivity contribution in [1.29, 1.82) is 0 Å². The number of nitrogens with one attached hydrogen (secondary N) is 1. The second-order valence-corrected chi connectivity index (χ2v) is 5.50. The van der Waals surface area contributed by atoms with Crippen molar-refractivity contribution < 1.29 is 13.2 Å². The molecule has 1 N–H and O–H groups in total. The second kappa shape index (κ2) is 7.43. The summed E-state index contributed by atoms with van der Waals surface area (Å²) in [7, 11) is 0. The van der Waals surface area contributed by atoms with Gasteiger partial charge in [-0.2, -0.15) is 13.2 Å². The largest absolute Gasteiger partial charge is 0.441 e. The zero-order chi connectivity index (χ0) is 12.8. The fourth-order valence-corrected chi connectivity index (χ4v) is 2.57. The third-order valence-corrected chi connectivity index (χ3v) is 3.51. The van der Waals surface area contributed by atoms with Crippen LogP contribution in [0.3, 0.4) is 0 Å². The molecule has 0 spiro atoms. The summed E-state index contributed by atoms with van der Waals surface area (Å²) in [5.41, 5.74) is -4.09. The number of hydrogen-bond donors (Lipinski definition) is 1. The Labute approximate surface area is 101 Å². The summed E-state index contributed by atoms with van der Waals surface area (Å²) in [6.07, 6.45) is 0.607. The standard InChI is InChI=1S/C11H22F3NS/c1-5-15-9(4)10(8(2)3)6-7-16-11(12,13)14/h8-10,15H,5-7H2,1-4H3. The highest BCUT2D eigenvalue weighted by molar-refractivity contribution is 8.00. The lowest BCUT2D eigenvalue weighted by Crippen LogP contribution is -2.36. The molecule has 0 fully saturated rings. The highest BCUT2D eigenvalue weighted by atomic mass is 32.2. The zero-order valence-electron chi connectivity index (χ0n) is 10.4. The van der Waals surface area contributed by atoms with E-state index in [1.54, 1.807) is 0 Å². The van der Waals surface area contributed by atoms with Crippen LogP contribution < -0.4 is 5.32 Å². The van der Waals surface area contributed by atoms with E-state index in [9.17, 15) is 13.2 Å². The molecule has 0 radical (unpaired) electrons. The normalized spacial score (nSPS) is 16.5. The van der Waals surface area contributed by atoms with E-state index in [-0.39, 0.29) is 23.6 Å². The third kappa shape index (κ3) is 7.39. The van der Waals surface area contributed by atoms with Crippen molar-refractivity contribution in [3.63, 3.8) is 0 Å². The number of halogens is 3. The summed E-state index contributed by atoms with van der Waals surface area (Å²) < 4.78 is 36.0. The highest BCUT2D eigenvalue weighted by Crippen LogP contribution is 2.32. The molecule has 0 aliphatic rings. The minimum Gasteiger partial charge on any atom is -0.314 e. The van der Waals surface area contributed by atoms with E-state index in [4.69, 9.17) is 0 Å². The molecule has 0 rings (SSSR count). The lowest BCUT2D eigenvalue weighted by Gasteiger charge is -2.28. The van der Waals surface area contributed by atoms with E-state index in [1.165, 1.54) is 0 Å². The minimum absolute atomic E-state index is 0.0870. The van der Waals surface area contributed by atoms with Crippen molar-refractivity contribution >= 4 is 11.8 Å². The van der Waals surface area contributed by atoms with Crippen molar-refractivity contribution in [3.8, 4) is 0 Å². The van der Waals surface area contributed by atoms with Gasteiger partial charge in [0.05, 0.1) is 0 Å². The van der Waals surface area contributed by atoms with Crippen molar-refractivity contribution in [1.82, 2.24) is 5.32 Å². The van der Waals surface area contributed by atoms with Gasteiger partial charge in [-0.25, -0.2) is 0 Å². The lowest BCUT2D eigenvalue weighted by molar-refractivity contribution is -0.0328. The van der Waals surface area contributed by atoms with Gasteiger partial charge in [0.1, 0.15) is 0 Å². The molecule has 0 aliphatic heterocycles. The van der Waals surface area contributed by atoms with Crippen molar-refractivity contribution in [2.24, 2.45) is 11.8 Å². The van der Waals surface area contributed by atoms with Crippen LogP contribution in [0.5, 0.6) is 0 Å². The molecule has 0 saturated carbocycles. The Balaban J connectivity index is 4.04. The molecular formula is C11H22F3NS. The third-order valence-electron chi connectivity index (χ3n) is 2.74. The predicted molar refractivity (Wildman–Crippen MR) is 64.6 cm³/mol. The molecule has 0 amide bonds. The monoisotopic (exact) mass is 257 g/mol. The Morgan fingerprint density at radius 3 is 2.12 bits per heavy atom. The smallest absolute Gasteiger partial charge is 0.314 e. The van der Waals surface area contributed by atoms with Gasteiger partial charge in [-0.1, -0.05) is 32.5 Å². The fraction of sp³-hybridized carbons (Fsp3) is 1.00. The first-order valence-electron chi connectivity index (χ1n) is 5.72. The molecule has 0 aromatic carbocycles. The molecule has 5 heteroatoms. The number of rotatable bonds is 7. The molecule has 0 aromatic rings. The van der Waals surface area contributed by atoms with Crippen molar-refractivity contribution in [2.75, 3.05) is 12.3 Å². The topological polar surface area (TPSA) is 12.0 Å². The fourth-order valence-electron chi connectivity index (χ4n) is 1.94. The van der Waals surface area contributed by atoms with Crippen molar-refractivity contribution in [3.05, 3.63) is 0 Å². The summed E-state index contributed by atoms with van der Waals surface area (Å²) in [4.78, 5) is 0. The molecule has 16 heavy (non-hydrogen) atoms. The van der Waals surface area contributed by atoms with Crippen LogP contribution in [0.25, 0.3) is 0 Å². The van der Waals surface area contributed by atoms with Crippen LogP contribution in [0.1, 0.15) is 34.1 Å². The van der Waals surface area contributed by atoms with Gasteiger partial charge < -0.3 is 5.32 Å². The summed E-state index contributed by atoms with van der Waals surface area (Å²) >= 11 is 0.0870. The van der Waals surface area contributed by atoms with Gasteiger partial charge in [-0.15, -0.1) is 0 Å². The molecular weight excluding hydrogens is 235 g/mol. The Morgan fingerprint density at radius 1 is 1.19 bits per heavy atom. The summed E-state index contributed by atoms with van der Waals surface area (Å²) in [5, 5.41) is 3.28. The summed E-state index contributed by atoms with van der Waals surface area (Å²) in [6.45, 7) is 9.05. The van der Waals surface area contributed by atoms with E-state index in [0.717, 1.165) is 6.54 Å². The first kappa shape index (κ1) is 16.1. The van der Waals surface area contributed by atoms with Crippen molar-refractivity contribution in [2.45, 2.75) is 45.7 Å². The first-order valence-corrected chi connectivity index (χ1v) is 6.70. The number of thioether (sulfide) groups is 1. The maximum absolute atomic E-state index is 12.0. The van der Waals surface area contributed by atoms with E-state index < -0.39 is 5.51 Å². The summed E-state index contributed by atoms with van der Waals surface area (Å²) in [6, 6.07) is 0.277. The molecule has 0 saturated heterocycles. The Morgan fingerprint density at radius 2 is 1.75 bits per heavy atom. The Kier molecular flexibility index (Phi) is 7.48. The maximum atomic E-state index is 12.0. The first-order chi connectivity index (χ1) is 7.28. The van der Waals surface area contributed by atoms with Gasteiger partial charge in [0, 0.05) is 11.8 Å². The highest BCUT2D eigenvalue weighted by Gasteiger charge is 2.29. The molecule has 0 heterocycles. The van der Waals surface area contributed by atoms with Crippen LogP contribution in [0.2, 0.25) is 0 Å². The maximum Gasteiger partial charge on any atom is 0.441 e. The van der Waals surface area contributed by atoms with Crippen LogP contribution in [0, 0.1) is 11.8 Å². The van der Waals surface area contributed by atoms with E-state index in [2.05, 4.69) is 19.2 Å². The predicted octanol–water partition coefficient (Wildman–Crippen LogP) is 3.90. The van der Waals surface area contributed by atoms with Crippen LogP contribution >= 0.6 is 11.8 Å². The molecule has 2 atom stereocenters. The lowest BCUT2D eigenvalue weighted by atomic mass is 9.87. The van der Waals surface area contributed by atoms with Gasteiger partial charge in [-0.3, -0.25) is 0 Å². The molecule has 2 unspecified atom stereocenters. The Bertz CT molecular complexity index is 183. The van der Waals surface area contributed by atoms with Crippen LogP contribution in [-0.2, 0) is 0 Å². The van der Waals surface area contributed by atoms with E-state index in [0.29, 0.717) is 18.3 Å². The average Bonchev–Trinajstić information content (AvgIpc) is 2.10. The van der Waals surface area contributed by atoms with Gasteiger partial charge in [0.25, 0.3) is 0 Å². The second-order valence-electron chi connectivity index (χ2n) is 4.34. The van der Waals surface area contributed by atoms with Gasteiger partial charge in [0.15, 0.2) is 0 Å². The van der Waals surface area contributed by atoms with Gasteiger partial charge in [-0.05, 0) is 31.7 Å².